The van der Waals surface area contributed by atoms with Crippen LogP contribution in [0.3, 0.4) is 0 Å². The quantitative estimate of drug-likeness (QED) is 0.930. The molecule has 2 aromatic rings. The predicted molar refractivity (Wildman–Crippen MR) is 85.2 cm³/mol. The molecule has 0 aliphatic carbocycles. The van der Waals surface area contributed by atoms with E-state index in [0.717, 1.165) is 28.4 Å². The monoisotopic (exact) mass is 301 g/mol. The molecule has 1 aliphatic rings. The van der Waals surface area contributed by atoms with Crippen LogP contribution in [0.5, 0.6) is 11.5 Å². The van der Waals surface area contributed by atoms with Gasteiger partial charge in [-0.1, -0.05) is 30.0 Å². The smallest absolute Gasteiger partial charge is 0.162 e. The number of ether oxygens (including phenoxy) is 2. The van der Waals surface area contributed by atoms with Crippen molar-refractivity contribution in [3.8, 4) is 11.5 Å². The largest absolute Gasteiger partial charge is 0.490 e. The summed E-state index contributed by atoms with van der Waals surface area (Å²) < 4.78 is 11.4. The van der Waals surface area contributed by atoms with Crippen molar-refractivity contribution in [1.29, 1.82) is 0 Å². The van der Waals surface area contributed by atoms with Crippen LogP contribution in [0.15, 0.2) is 52.3 Å². The zero-order valence-electron chi connectivity index (χ0n) is 12.0. The Labute approximate surface area is 129 Å². The molecule has 3 rings (SSSR count). The minimum Gasteiger partial charge on any atom is -0.490 e. The number of hydrogen-bond donors (Lipinski definition) is 1. The van der Waals surface area contributed by atoms with Crippen LogP contribution in [0.2, 0.25) is 0 Å². The van der Waals surface area contributed by atoms with Gasteiger partial charge in [0, 0.05) is 22.3 Å². The molecule has 2 aromatic carbocycles. The molecule has 1 aliphatic heterocycles. The molecule has 1 unspecified atom stereocenters. The van der Waals surface area contributed by atoms with Crippen molar-refractivity contribution < 1.29 is 9.47 Å². The minimum absolute atomic E-state index is 0.0223. The Bertz CT molecular complexity index is 628. The molecule has 3 nitrogen and oxygen atoms in total. The van der Waals surface area contributed by atoms with E-state index in [1.165, 1.54) is 4.90 Å². The van der Waals surface area contributed by atoms with Gasteiger partial charge >= 0.3 is 0 Å². The van der Waals surface area contributed by atoms with Crippen LogP contribution in [0.25, 0.3) is 0 Å². The molecule has 1 heterocycles. The summed E-state index contributed by atoms with van der Waals surface area (Å²) in [6.45, 7) is 3.43. The predicted octanol–water partition coefficient (Wildman–Crippen LogP) is 4.02. The summed E-state index contributed by atoms with van der Waals surface area (Å²) in [5, 5.41) is 0. The third-order valence-corrected chi connectivity index (χ3v) is 4.44. The van der Waals surface area contributed by atoms with Crippen molar-refractivity contribution >= 4 is 11.8 Å². The van der Waals surface area contributed by atoms with E-state index in [9.17, 15) is 0 Å². The zero-order chi connectivity index (χ0) is 14.7. The SMILES string of the molecule is CC(N)c1ccccc1Sc1ccc2c(c1)OCCCO2. The number of nitrogens with two attached hydrogens (primary N) is 1. The van der Waals surface area contributed by atoms with Crippen LogP contribution in [-0.4, -0.2) is 13.2 Å². The molecule has 0 saturated heterocycles. The third kappa shape index (κ3) is 3.34. The fourth-order valence-corrected chi connectivity index (χ4v) is 3.36. The van der Waals surface area contributed by atoms with E-state index < -0.39 is 0 Å². The van der Waals surface area contributed by atoms with Crippen LogP contribution < -0.4 is 15.2 Å². The topological polar surface area (TPSA) is 44.5 Å². The molecule has 0 spiro atoms. The Morgan fingerprint density at radius 2 is 1.81 bits per heavy atom. The summed E-state index contributed by atoms with van der Waals surface area (Å²) in [6, 6.07) is 14.4. The van der Waals surface area contributed by atoms with Gasteiger partial charge in [0.05, 0.1) is 13.2 Å². The Hall–Kier alpha value is -1.65. The summed E-state index contributed by atoms with van der Waals surface area (Å²) in [7, 11) is 0. The van der Waals surface area contributed by atoms with Crippen molar-refractivity contribution in [1.82, 2.24) is 0 Å². The highest BCUT2D eigenvalue weighted by atomic mass is 32.2. The van der Waals surface area contributed by atoms with Gasteiger partial charge in [-0.3, -0.25) is 0 Å². The van der Waals surface area contributed by atoms with Gasteiger partial charge in [-0.15, -0.1) is 0 Å². The summed E-state index contributed by atoms with van der Waals surface area (Å²) >= 11 is 1.71. The van der Waals surface area contributed by atoms with Crippen molar-refractivity contribution in [2.75, 3.05) is 13.2 Å². The number of benzene rings is 2. The van der Waals surface area contributed by atoms with E-state index in [1.807, 2.05) is 31.2 Å². The molecule has 0 fully saturated rings. The van der Waals surface area contributed by atoms with E-state index in [2.05, 4.69) is 18.2 Å². The lowest BCUT2D eigenvalue weighted by Gasteiger charge is -2.13. The Balaban J connectivity index is 1.87. The highest BCUT2D eigenvalue weighted by Crippen LogP contribution is 2.38. The van der Waals surface area contributed by atoms with Gasteiger partial charge in [0.25, 0.3) is 0 Å². The first kappa shape index (κ1) is 14.3. The second kappa shape index (κ2) is 6.41. The molecule has 0 aromatic heterocycles. The number of hydrogen-bond acceptors (Lipinski definition) is 4. The van der Waals surface area contributed by atoms with E-state index in [1.54, 1.807) is 11.8 Å². The molecule has 0 saturated carbocycles. The Morgan fingerprint density at radius 1 is 1.05 bits per heavy atom. The third-order valence-electron chi connectivity index (χ3n) is 3.36. The maximum atomic E-state index is 6.04. The summed E-state index contributed by atoms with van der Waals surface area (Å²) in [5.74, 6) is 1.66. The molecule has 0 radical (unpaired) electrons. The lowest BCUT2D eigenvalue weighted by molar-refractivity contribution is 0.297. The second-order valence-corrected chi connectivity index (χ2v) is 6.20. The molecule has 0 amide bonds. The Morgan fingerprint density at radius 3 is 2.62 bits per heavy atom. The lowest BCUT2D eigenvalue weighted by Crippen LogP contribution is -2.05. The van der Waals surface area contributed by atoms with Gasteiger partial charge in [0.2, 0.25) is 0 Å². The fraction of sp³-hybridized carbons (Fsp3) is 0.294. The summed E-state index contributed by atoms with van der Waals surface area (Å²) in [4.78, 5) is 2.31. The van der Waals surface area contributed by atoms with Gasteiger partial charge in [-0.05, 0) is 36.8 Å². The van der Waals surface area contributed by atoms with Gasteiger partial charge < -0.3 is 15.2 Å². The Kier molecular flexibility index (Phi) is 4.36. The lowest BCUT2D eigenvalue weighted by atomic mass is 10.1. The van der Waals surface area contributed by atoms with Gasteiger partial charge in [-0.2, -0.15) is 0 Å². The first-order chi connectivity index (χ1) is 10.2. The standard InChI is InChI=1S/C17H19NO2S/c1-12(18)14-5-2-3-6-17(14)21-13-7-8-15-16(11-13)20-10-4-9-19-15/h2-3,5-8,11-12H,4,9-10,18H2,1H3. The van der Waals surface area contributed by atoms with Crippen molar-refractivity contribution in [2.45, 2.75) is 29.2 Å². The van der Waals surface area contributed by atoms with Crippen molar-refractivity contribution in [2.24, 2.45) is 5.73 Å². The highest BCUT2D eigenvalue weighted by Gasteiger charge is 2.13. The van der Waals surface area contributed by atoms with E-state index in [0.29, 0.717) is 13.2 Å². The molecule has 110 valence electrons. The molecule has 21 heavy (non-hydrogen) atoms. The van der Waals surface area contributed by atoms with Gasteiger partial charge in [0.1, 0.15) is 0 Å². The van der Waals surface area contributed by atoms with Crippen molar-refractivity contribution in [3.05, 3.63) is 48.0 Å². The highest BCUT2D eigenvalue weighted by molar-refractivity contribution is 7.99. The number of rotatable bonds is 3. The summed E-state index contributed by atoms with van der Waals surface area (Å²) in [6.07, 6.45) is 0.921. The van der Waals surface area contributed by atoms with Crippen LogP contribution in [-0.2, 0) is 0 Å². The van der Waals surface area contributed by atoms with Crippen molar-refractivity contribution in [3.63, 3.8) is 0 Å². The minimum atomic E-state index is 0.0223. The van der Waals surface area contributed by atoms with Crippen LogP contribution in [0, 0.1) is 0 Å². The molecule has 1 atom stereocenters. The van der Waals surface area contributed by atoms with Crippen LogP contribution >= 0.6 is 11.8 Å². The molecular formula is C17H19NO2S. The maximum Gasteiger partial charge on any atom is 0.162 e. The van der Waals surface area contributed by atoms with Gasteiger partial charge in [0.15, 0.2) is 11.5 Å². The first-order valence-electron chi connectivity index (χ1n) is 7.16. The van der Waals surface area contributed by atoms with Crippen LogP contribution in [0.1, 0.15) is 24.9 Å². The fourth-order valence-electron chi connectivity index (χ4n) is 2.28. The van der Waals surface area contributed by atoms with Crippen LogP contribution in [0.4, 0.5) is 0 Å². The maximum absolute atomic E-state index is 6.04. The van der Waals surface area contributed by atoms with E-state index >= 15 is 0 Å². The number of fused-ring (bicyclic) bond motifs is 1. The van der Waals surface area contributed by atoms with E-state index in [4.69, 9.17) is 15.2 Å². The van der Waals surface area contributed by atoms with Gasteiger partial charge in [-0.25, -0.2) is 0 Å². The average molecular weight is 301 g/mol. The normalized spacial score (nSPS) is 15.3. The molecule has 0 bridgehead atoms. The molecule has 2 N–H and O–H groups in total. The van der Waals surface area contributed by atoms with E-state index in [-0.39, 0.29) is 6.04 Å². The second-order valence-electron chi connectivity index (χ2n) is 5.09. The molecule has 4 heteroatoms. The first-order valence-corrected chi connectivity index (χ1v) is 7.98. The molecular weight excluding hydrogens is 282 g/mol. The zero-order valence-corrected chi connectivity index (χ0v) is 12.9. The average Bonchev–Trinajstić information content (AvgIpc) is 2.72. The summed E-state index contributed by atoms with van der Waals surface area (Å²) in [5.41, 5.74) is 7.20.